The summed E-state index contributed by atoms with van der Waals surface area (Å²) in [5.41, 5.74) is 2.14. The Hall–Kier alpha value is -1.49. The van der Waals surface area contributed by atoms with Gasteiger partial charge in [0.05, 0.1) is 11.5 Å². The first kappa shape index (κ1) is 10.0. The van der Waals surface area contributed by atoms with Crippen LogP contribution in [0.2, 0.25) is 0 Å². The van der Waals surface area contributed by atoms with E-state index in [1.807, 2.05) is 0 Å². The molecule has 78 valence electrons. The van der Waals surface area contributed by atoms with E-state index in [0.717, 1.165) is 18.5 Å². The number of nitriles is 1. The highest BCUT2D eigenvalue weighted by molar-refractivity contribution is 5.49. The normalized spacial score (nSPS) is 17.2. The van der Waals surface area contributed by atoms with Crippen LogP contribution in [0.3, 0.4) is 0 Å². The van der Waals surface area contributed by atoms with Crippen molar-refractivity contribution >= 4 is 5.69 Å². The molecule has 0 amide bonds. The summed E-state index contributed by atoms with van der Waals surface area (Å²) in [5.74, 6) is 0. The topological polar surface area (TPSA) is 35.8 Å². The lowest BCUT2D eigenvalue weighted by atomic mass is 9.97. The highest BCUT2D eigenvalue weighted by Gasteiger charge is 2.44. The minimum absolute atomic E-state index is 0.156. The maximum atomic E-state index is 9.06. The number of nitrogens with zero attached hydrogens (tertiary/aromatic N) is 1. The lowest BCUT2D eigenvalue weighted by Gasteiger charge is -2.11. The average Bonchev–Trinajstić information content (AvgIpc) is 2.99. The van der Waals surface area contributed by atoms with Gasteiger partial charge in [-0.05, 0) is 44.4 Å². The molecule has 2 nitrogen and oxygen atoms in total. The summed E-state index contributed by atoms with van der Waals surface area (Å²) in [6.45, 7) is 4.23. The van der Waals surface area contributed by atoms with E-state index in [4.69, 9.17) is 5.26 Å². The number of hydrogen-bond acceptors (Lipinski definition) is 2. The van der Waals surface area contributed by atoms with E-state index in [0.29, 0.717) is 6.04 Å². The lowest BCUT2D eigenvalue weighted by Crippen LogP contribution is -2.10. The fourth-order valence-electron chi connectivity index (χ4n) is 1.81. The van der Waals surface area contributed by atoms with E-state index >= 15 is 0 Å². The Morgan fingerprint density at radius 1 is 1.27 bits per heavy atom. The molecule has 2 heteroatoms. The van der Waals surface area contributed by atoms with Gasteiger partial charge in [0.25, 0.3) is 0 Å². The largest absolute Gasteiger partial charge is 0.383 e. The van der Waals surface area contributed by atoms with Crippen molar-refractivity contribution < 1.29 is 0 Å². The van der Waals surface area contributed by atoms with Crippen LogP contribution in [0.4, 0.5) is 5.69 Å². The molecule has 0 radical (unpaired) electrons. The number of nitrogens with one attached hydrogen (secondary N) is 1. The van der Waals surface area contributed by atoms with E-state index in [-0.39, 0.29) is 5.41 Å². The van der Waals surface area contributed by atoms with Crippen LogP contribution < -0.4 is 5.32 Å². The van der Waals surface area contributed by atoms with Crippen molar-refractivity contribution in [1.82, 2.24) is 0 Å². The first-order valence-corrected chi connectivity index (χ1v) is 5.45. The van der Waals surface area contributed by atoms with Crippen molar-refractivity contribution in [2.75, 3.05) is 5.32 Å². The molecule has 1 N–H and O–H groups in total. The van der Waals surface area contributed by atoms with Gasteiger partial charge >= 0.3 is 0 Å². The molecular formula is C13H16N2. The quantitative estimate of drug-likeness (QED) is 0.814. The molecule has 0 bridgehead atoms. The van der Waals surface area contributed by atoms with Gasteiger partial charge in [0, 0.05) is 11.7 Å². The molecule has 0 saturated heterocycles. The average molecular weight is 200 g/mol. The first-order valence-electron chi connectivity index (χ1n) is 5.45. The lowest BCUT2D eigenvalue weighted by molar-refractivity contribution is 0.892. The van der Waals surface area contributed by atoms with Crippen LogP contribution in [0, 0.1) is 11.3 Å². The molecule has 0 unspecified atom stereocenters. The highest BCUT2D eigenvalue weighted by Crippen LogP contribution is 2.47. The summed E-state index contributed by atoms with van der Waals surface area (Å²) in [6, 6.07) is 11.1. The number of anilines is 1. The van der Waals surface area contributed by atoms with E-state index in [1.165, 1.54) is 5.56 Å². The highest BCUT2D eigenvalue weighted by atomic mass is 14.9. The zero-order chi connectivity index (χ0) is 10.9. The second-order valence-electron chi connectivity index (χ2n) is 4.57. The van der Waals surface area contributed by atoms with Crippen molar-refractivity contribution in [1.29, 1.82) is 5.26 Å². The summed E-state index contributed by atoms with van der Waals surface area (Å²) in [7, 11) is 0. The van der Waals surface area contributed by atoms with Gasteiger partial charge in [-0.15, -0.1) is 0 Å². The van der Waals surface area contributed by atoms with Crippen molar-refractivity contribution in [2.24, 2.45) is 0 Å². The summed E-state index contributed by atoms with van der Waals surface area (Å²) < 4.78 is 0. The Morgan fingerprint density at radius 3 is 2.27 bits per heavy atom. The molecular weight excluding hydrogens is 184 g/mol. The predicted molar refractivity (Wildman–Crippen MR) is 61.7 cm³/mol. The molecule has 1 aliphatic rings. The maximum absolute atomic E-state index is 9.06. The van der Waals surface area contributed by atoms with E-state index < -0.39 is 0 Å². The SMILES string of the molecule is CC(C)Nc1ccc(C2(C#N)CC2)cc1. The van der Waals surface area contributed by atoms with Crippen LogP contribution in [0.25, 0.3) is 0 Å². The van der Waals surface area contributed by atoms with Crippen LogP contribution in [0.5, 0.6) is 0 Å². The predicted octanol–water partition coefficient (Wildman–Crippen LogP) is 3.06. The van der Waals surface area contributed by atoms with E-state index in [2.05, 4.69) is 49.5 Å². The molecule has 1 fully saturated rings. The molecule has 1 saturated carbocycles. The summed E-state index contributed by atoms with van der Waals surface area (Å²) >= 11 is 0. The second-order valence-corrected chi connectivity index (χ2v) is 4.57. The summed E-state index contributed by atoms with van der Waals surface area (Å²) in [5, 5.41) is 12.4. The second kappa shape index (κ2) is 3.58. The van der Waals surface area contributed by atoms with Gasteiger partial charge in [0.1, 0.15) is 0 Å². The standard InChI is InChI=1S/C13H16N2/c1-10(2)15-12-5-3-11(4-6-12)13(9-14)7-8-13/h3-6,10,15H,7-8H2,1-2H3. The van der Waals surface area contributed by atoms with Gasteiger partial charge in [0.15, 0.2) is 0 Å². The monoisotopic (exact) mass is 200 g/mol. The molecule has 15 heavy (non-hydrogen) atoms. The molecule has 0 aromatic heterocycles. The van der Waals surface area contributed by atoms with Gasteiger partial charge in [0.2, 0.25) is 0 Å². The number of hydrogen-bond donors (Lipinski definition) is 1. The Labute approximate surface area is 90.9 Å². The Balaban J connectivity index is 2.15. The fraction of sp³-hybridized carbons (Fsp3) is 0.462. The van der Waals surface area contributed by atoms with Crippen molar-refractivity contribution in [2.45, 2.75) is 38.1 Å². The van der Waals surface area contributed by atoms with Gasteiger partial charge in [-0.2, -0.15) is 5.26 Å². The molecule has 0 aliphatic heterocycles. The minimum atomic E-state index is -0.156. The summed E-state index contributed by atoms with van der Waals surface area (Å²) in [6.07, 6.45) is 2.03. The van der Waals surface area contributed by atoms with Gasteiger partial charge in [-0.1, -0.05) is 12.1 Å². The van der Waals surface area contributed by atoms with Crippen molar-refractivity contribution in [3.05, 3.63) is 29.8 Å². The minimum Gasteiger partial charge on any atom is -0.383 e. The third-order valence-corrected chi connectivity index (χ3v) is 2.86. The fourth-order valence-corrected chi connectivity index (χ4v) is 1.81. The number of rotatable bonds is 3. The van der Waals surface area contributed by atoms with Gasteiger partial charge in [-0.3, -0.25) is 0 Å². The molecule has 0 spiro atoms. The molecule has 1 aliphatic carbocycles. The smallest absolute Gasteiger partial charge is 0.0823 e. The van der Waals surface area contributed by atoms with Gasteiger partial charge in [-0.25, -0.2) is 0 Å². The molecule has 0 atom stereocenters. The Morgan fingerprint density at radius 2 is 1.87 bits per heavy atom. The molecule has 1 aromatic rings. The van der Waals surface area contributed by atoms with Crippen LogP contribution >= 0.6 is 0 Å². The summed E-state index contributed by atoms with van der Waals surface area (Å²) in [4.78, 5) is 0. The van der Waals surface area contributed by atoms with E-state index in [9.17, 15) is 0 Å². The molecule has 0 heterocycles. The van der Waals surface area contributed by atoms with Crippen LogP contribution in [-0.4, -0.2) is 6.04 Å². The Bertz CT molecular complexity index is 380. The maximum Gasteiger partial charge on any atom is 0.0823 e. The van der Waals surface area contributed by atoms with Crippen LogP contribution in [0.1, 0.15) is 32.3 Å². The van der Waals surface area contributed by atoms with Crippen molar-refractivity contribution in [3.8, 4) is 6.07 Å². The van der Waals surface area contributed by atoms with Gasteiger partial charge < -0.3 is 5.32 Å². The third kappa shape index (κ3) is 1.97. The first-order chi connectivity index (χ1) is 7.16. The van der Waals surface area contributed by atoms with E-state index in [1.54, 1.807) is 0 Å². The molecule has 1 aromatic carbocycles. The van der Waals surface area contributed by atoms with Crippen LogP contribution in [-0.2, 0) is 5.41 Å². The third-order valence-electron chi connectivity index (χ3n) is 2.86. The van der Waals surface area contributed by atoms with Crippen LogP contribution in [0.15, 0.2) is 24.3 Å². The number of benzene rings is 1. The Kier molecular flexibility index (Phi) is 2.40. The zero-order valence-electron chi connectivity index (χ0n) is 9.25. The molecule has 2 rings (SSSR count). The van der Waals surface area contributed by atoms with Crippen molar-refractivity contribution in [3.63, 3.8) is 0 Å². The zero-order valence-corrected chi connectivity index (χ0v) is 9.25.